The first-order valence-corrected chi connectivity index (χ1v) is 12.0. The van der Waals surface area contributed by atoms with Crippen LogP contribution in [0.25, 0.3) is 22.4 Å². The van der Waals surface area contributed by atoms with Crippen molar-refractivity contribution in [1.29, 1.82) is 0 Å². The van der Waals surface area contributed by atoms with Crippen molar-refractivity contribution in [3.05, 3.63) is 87.6 Å². The van der Waals surface area contributed by atoms with Crippen LogP contribution in [-0.4, -0.2) is 20.6 Å². The summed E-state index contributed by atoms with van der Waals surface area (Å²) in [4.78, 5) is 17.8. The van der Waals surface area contributed by atoms with E-state index < -0.39 is 5.97 Å². The lowest BCUT2D eigenvalue weighted by molar-refractivity contribution is 0.0699. The van der Waals surface area contributed by atoms with Gasteiger partial charge in [-0.1, -0.05) is 56.7 Å². The molecule has 4 nitrogen and oxygen atoms in total. The average Bonchev–Trinajstić information content (AvgIpc) is 3.46. The van der Waals surface area contributed by atoms with Crippen molar-refractivity contribution in [2.24, 2.45) is 0 Å². The third kappa shape index (κ3) is 4.53. The number of carbonyl (C=O) groups is 1. The van der Waals surface area contributed by atoms with Gasteiger partial charge in [-0.25, -0.2) is 9.78 Å². The molecule has 2 aromatic carbocycles. The van der Waals surface area contributed by atoms with Gasteiger partial charge in [0, 0.05) is 17.8 Å². The summed E-state index contributed by atoms with van der Waals surface area (Å²) in [6, 6.07) is 15.7. The SMILES string of the molecule is CCCCc1ncc(/C=C(\CC)c2cccs2)n1Cc1ccc(C(=O)O)c2ccccc12. The summed E-state index contributed by atoms with van der Waals surface area (Å²) in [6.45, 7) is 5.04. The zero-order valence-electron chi connectivity index (χ0n) is 18.5. The van der Waals surface area contributed by atoms with E-state index in [-0.39, 0.29) is 0 Å². The van der Waals surface area contributed by atoms with Crippen molar-refractivity contribution in [1.82, 2.24) is 9.55 Å². The minimum absolute atomic E-state index is 0.340. The Morgan fingerprint density at radius 2 is 1.91 bits per heavy atom. The topological polar surface area (TPSA) is 55.1 Å². The van der Waals surface area contributed by atoms with Gasteiger partial charge < -0.3 is 9.67 Å². The van der Waals surface area contributed by atoms with Crippen molar-refractivity contribution in [3.8, 4) is 0 Å². The number of aromatic carboxylic acids is 1. The number of benzene rings is 2. The first kappa shape index (κ1) is 22.0. The molecule has 2 heterocycles. The highest BCUT2D eigenvalue weighted by Crippen LogP contribution is 2.28. The summed E-state index contributed by atoms with van der Waals surface area (Å²) in [5, 5.41) is 13.5. The number of aromatic nitrogens is 2. The first-order chi connectivity index (χ1) is 15.6. The highest BCUT2D eigenvalue weighted by atomic mass is 32.1. The van der Waals surface area contributed by atoms with Crippen LogP contribution in [0.2, 0.25) is 0 Å². The molecular formula is C27H28N2O2S. The molecule has 4 aromatic rings. The molecule has 0 unspecified atom stereocenters. The lowest BCUT2D eigenvalue weighted by Gasteiger charge is -2.14. The summed E-state index contributed by atoms with van der Waals surface area (Å²) in [7, 11) is 0. The number of imidazole rings is 1. The second-order valence-corrected chi connectivity index (χ2v) is 8.86. The van der Waals surface area contributed by atoms with Gasteiger partial charge in [0.1, 0.15) is 5.82 Å². The van der Waals surface area contributed by atoms with Gasteiger partial charge in [0.25, 0.3) is 0 Å². The molecule has 0 aliphatic carbocycles. The standard InChI is InChI=1S/C27H28N2O2S/c1-3-5-12-26-28-17-21(16-19(4-2)25-11-8-15-32-25)29(26)18-20-13-14-24(27(30)31)23-10-7-6-9-22(20)23/h6-11,13-17H,3-5,12,18H2,1-2H3,(H,30,31)/b19-16+. The molecule has 1 N–H and O–H groups in total. The Morgan fingerprint density at radius 1 is 1.09 bits per heavy atom. The van der Waals surface area contributed by atoms with Crippen LogP contribution in [-0.2, 0) is 13.0 Å². The zero-order valence-corrected chi connectivity index (χ0v) is 19.4. The molecule has 5 heteroatoms. The fourth-order valence-electron chi connectivity index (χ4n) is 4.10. The maximum atomic E-state index is 11.7. The molecule has 2 aromatic heterocycles. The largest absolute Gasteiger partial charge is 0.478 e. The number of nitrogens with zero attached hydrogens (tertiary/aromatic N) is 2. The Labute approximate surface area is 192 Å². The van der Waals surface area contributed by atoms with Gasteiger partial charge in [-0.15, -0.1) is 11.3 Å². The van der Waals surface area contributed by atoms with Crippen LogP contribution in [0.3, 0.4) is 0 Å². The molecule has 0 saturated carbocycles. The molecule has 0 aliphatic heterocycles. The second kappa shape index (κ2) is 9.96. The monoisotopic (exact) mass is 444 g/mol. The third-order valence-corrected chi connectivity index (χ3v) is 6.78. The van der Waals surface area contributed by atoms with Gasteiger partial charge in [-0.3, -0.25) is 0 Å². The number of fused-ring (bicyclic) bond motifs is 1. The van der Waals surface area contributed by atoms with E-state index in [2.05, 4.69) is 42.0 Å². The van der Waals surface area contributed by atoms with Crippen LogP contribution in [0.4, 0.5) is 0 Å². The molecule has 0 atom stereocenters. The maximum absolute atomic E-state index is 11.7. The van der Waals surface area contributed by atoms with Gasteiger partial charge in [0.15, 0.2) is 0 Å². The zero-order chi connectivity index (χ0) is 22.5. The average molecular weight is 445 g/mol. The van der Waals surface area contributed by atoms with E-state index in [1.54, 1.807) is 17.4 Å². The number of carboxylic acids is 1. The van der Waals surface area contributed by atoms with Gasteiger partial charge in [-0.05, 0) is 58.3 Å². The summed E-state index contributed by atoms with van der Waals surface area (Å²) in [6.07, 6.45) is 8.31. The van der Waals surface area contributed by atoms with E-state index in [0.29, 0.717) is 12.1 Å². The van der Waals surface area contributed by atoms with E-state index >= 15 is 0 Å². The van der Waals surface area contributed by atoms with E-state index in [1.807, 2.05) is 36.5 Å². The van der Waals surface area contributed by atoms with Gasteiger partial charge in [0.05, 0.1) is 17.5 Å². The quantitative estimate of drug-likeness (QED) is 0.298. The summed E-state index contributed by atoms with van der Waals surface area (Å²) in [5.41, 5.74) is 3.83. The molecule has 0 spiro atoms. The van der Waals surface area contributed by atoms with Crippen molar-refractivity contribution in [2.75, 3.05) is 0 Å². The van der Waals surface area contributed by atoms with Crippen molar-refractivity contribution >= 4 is 39.7 Å². The highest BCUT2D eigenvalue weighted by molar-refractivity contribution is 7.11. The van der Waals surface area contributed by atoms with E-state index in [9.17, 15) is 9.90 Å². The van der Waals surface area contributed by atoms with Crippen LogP contribution >= 0.6 is 11.3 Å². The Bertz CT molecular complexity index is 1250. The van der Waals surface area contributed by atoms with Gasteiger partial charge >= 0.3 is 5.97 Å². The van der Waals surface area contributed by atoms with E-state index in [0.717, 1.165) is 53.5 Å². The van der Waals surface area contributed by atoms with Crippen LogP contribution < -0.4 is 0 Å². The number of allylic oxidation sites excluding steroid dienone is 1. The molecule has 164 valence electrons. The van der Waals surface area contributed by atoms with Crippen LogP contribution in [0, 0.1) is 0 Å². The fraction of sp³-hybridized carbons (Fsp3) is 0.259. The number of unbranched alkanes of at least 4 members (excludes halogenated alkanes) is 1. The predicted octanol–water partition coefficient (Wildman–Crippen LogP) is 7.14. The van der Waals surface area contributed by atoms with Gasteiger partial charge in [-0.2, -0.15) is 0 Å². The number of hydrogen-bond donors (Lipinski definition) is 1. The lowest BCUT2D eigenvalue weighted by Crippen LogP contribution is -2.09. The molecule has 0 amide bonds. The molecule has 0 bridgehead atoms. The Kier molecular flexibility index (Phi) is 6.86. The van der Waals surface area contributed by atoms with E-state index in [4.69, 9.17) is 4.98 Å². The molecule has 4 rings (SSSR count). The third-order valence-electron chi connectivity index (χ3n) is 5.84. The number of rotatable bonds is 9. The highest BCUT2D eigenvalue weighted by Gasteiger charge is 2.15. The summed E-state index contributed by atoms with van der Waals surface area (Å²) in [5.74, 6) is 0.178. The van der Waals surface area contributed by atoms with Crippen molar-refractivity contribution < 1.29 is 9.90 Å². The maximum Gasteiger partial charge on any atom is 0.336 e. The minimum Gasteiger partial charge on any atom is -0.478 e. The molecule has 32 heavy (non-hydrogen) atoms. The number of thiophene rings is 1. The molecule has 0 fully saturated rings. The number of carboxylic acid groups (broad SMARTS) is 1. The van der Waals surface area contributed by atoms with Crippen LogP contribution in [0.5, 0.6) is 0 Å². The molecular weight excluding hydrogens is 416 g/mol. The van der Waals surface area contributed by atoms with Gasteiger partial charge in [0.2, 0.25) is 0 Å². The van der Waals surface area contributed by atoms with Crippen LogP contribution in [0.1, 0.15) is 65.4 Å². The Hall–Kier alpha value is -3.18. The number of hydrogen-bond acceptors (Lipinski definition) is 3. The normalized spacial score (nSPS) is 11.9. The first-order valence-electron chi connectivity index (χ1n) is 11.1. The summed E-state index contributed by atoms with van der Waals surface area (Å²) >= 11 is 1.76. The van der Waals surface area contributed by atoms with Crippen LogP contribution in [0.15, 0.2) is 60.1 Å². The van der Waals surface area contributed by atoms with E-state index in [1.165, 1.54) is 10.5 Å². The fourth-order valence-corrected chi connectivity index (χ4v) is 4.92. The molecule has 0 aliphatic rings. The Balaban J connectivity index is 1.80. The smallest absolute Gasteiger partial charge is 0.336 e. The number of aryl methyl sites for hydroxylation is 1. The second-order valence-electron chi connectivity index (χ2n) is 7.91. The van der Waals surface area contributed by atoms with Crippen molar-refractivity contribution in [3.63, 3.8) is 0 Å². The molecule has 0 radical (unpaired) electrons. The molecule has 0 saturated heterocycles. The Morgan fingerprint density at radius 3 is 2.59 bits per heavy atom. The predicted molar refractivity (Wildman–Crippen MR) is 133 cm³/mol. The van der Waals surface area contributed by atoms with Crippen molar-refractivity contribution in [2.45, 2.75) is 46.1 Å². The summed E-state index contributed by atoms with van der Waals surface area (Å²) < 4.78 is 2.29. The minimum atomic E-state index is -0.897. The lowest BCUT2D eigenvalue weighted by atomic mass is 9.99.